The number of halogens is 2. The highest BCUT2D eigenvalue weighted by atomic mass is 35.5. The largest absolute Gasteiger partial charge is 0.496 e. The van der Waals surface area contributed by atoms with E-state index in [1.807, 2.05) is 13.8 Å². The minimum Gasteiger partial charge on any atom is -0.496 e. The summed E-state index contributed by atoms with van der Waals surface area (Å²) in [6.45, 7) is 3.75. The molecule has 0 aromatic heterocycles. The number of aryl methyl sites for hydroxylation is 2. The molecule has 2 nitrogen and oxygen atoms in total. The molecule has 0 heterocycles. The summed E-state index contributed by atoms with van der Waals surface area (Å²) in [6, 6.07) is 7.47. The smallest absolute Gasteiger partial charge is 0.193 e. The molecule has 0 saturated heterocycles. The number of hydrogen-bond acceptors (Lipinski definition) is 2. The van der Waals surface area contributed by atoms with Gasteiger partial charge in [-0.15, -0.1) is 0 Å². The van der Waals surface area contributed by atoms with Gasteiger partial charge in [-0.05, 0) is 55.3 Å². The average Bonchev–Trinajstić information content (AvgIpc) is 2.40. The number of ether oxygens (including phenoxy) is 1. The topological polar surface area (TPSA) is 26.3 Å². The quantitative estimate of drug-likeness (QED) is 0.787. The Morgan fingerprint density at radius 3 is 2.20 bits per heavy atom. The Balaban J connectivity index is 2.45. The molecule has 4 heteroatoms. The molecule has 104 valence electrons. The van der Waals surface area contributed by atoms with E-state index in [9.17, 15) is 9.18 Å². The van der Waals surface area contributed by atoms with Crippen LogP contribution < -0.4 is 4.74 Å². The standard InChI is InChI=1S/C16H14ClFO2/c1-9-6-12(7-10(2)16(9)20-3)15(19)11-4-5-14(18)13(17)8-11/h4-8H,1-3H3. The number of carbonyl (C=O) groups excluding carboxylic acids is 1. The van der Waals surface area contributed by atoms with Crippen LogP contribution in [0.1, 0.15) is 27.0 Å². The first-order valence-electron chi connectivity index (χ1n) is 6.09. The second-order valence-corrected chi connectivity index (χ2v) is 5.01. The lowest BCUT2D eigenvalue weighted by molar-refractivity contribution is 0.103. The first kappa shape index (κ1) is 14.5. The molecule has 0 N–H and O–H groups in total. The van der Waals surface area contributed by atoms with Crippen LogP contribution in [-0.2, 0) is 0 Å². The molecule has 0 amide bonds. The van der Waals surface area contributed by atoms with Crippen molar-refractivity contribution in [3.05, 3.63) is 63.4 Å². The van der Waals surface area contributed by atoms with Gasteiger partial charge < -0.3 is 4.74 Å². The van der Waals surface area contributed by atoms with Crippen molar-refractivity contribution in [2.24, 2.45) is 0 Å². The summed E-state index contributed by atoms with van der Waals surface area (Å²) in [5.74, 6) is 0.0322. The molecule has 2 aromatic rings. The number of carbonyl (C=O) groups is 1. The predicted molar refractivity (Wildman–Crippen MR) is 77.3 cm³/mol. The Labute approximate surface area is 122 Å². The Kier molecular flexibility index (Phi) is 4.09. The zero-order valence-electron chi connectivity index (χ0n) is 11.5. The fourth-order valence-electron chi connectivity index (χ4n) is 2.21. The normalized spacial score (nSPS) is 10.4. The Morgan fingerprint density at radius 1 is 1.10 bits per heavy atom. The molecule has 2 aromatic carbocycles. The van der Waals surface area contributed by atoms with Crippen molar-refractivity contribution in [2.45, 2.75) is 13.8 Å². The van der Waals surface area contributed by atoms with Crippen molar-refractivity contribution in [3.63, 3.8) is 0 Å². The maximum atomic E-state index is 13.1. The summed E-state index contributed by atoms with van der Waals surface area (Å²) in [5.41, 5.74) is 2.65. The van der Waals surface area contributed by atoms with Crippen LogP contribution in [0.5, 0.6) is 5.75 Å². The van der Waals surface area contributed by atoms with E-state index >= 15 is 0 Å². The first-order chi connectivity index (χ1) is 9.43. The molecule has 0 unspecified atom stereocenters. The van der Waals surface area contributed by atoms with E-state index in [1.54, 1.807) is 19.2 Å². The maximum absolute atomic E-state index is 13.1. The van der Waals surface area contributed by atoms with E-state index in [4.69, 9.17) is 16.3 Å². The highest BCUT2D eigenvalue weighted by Crippen LogP contribution is 2.26. The number of ketones is 1. The van der Waals surface area contributed by atoms with Crippen molar-refractivity contribution in [1.82, 2.24) is 0 Å². The molecule has 0 aliphatic carbocycles. The molecule has 0 aliphatic rings. The van der Waals surface area contributed by atoms with Gasteiger partial charge >= 0.3 is 0 Å². The molecule has 0 saturated carbocycles. The van der Waals surface area contributed by atoms with E-state index < -0.39 is 5.82 Å². The fourth-order valence-corrected chi connectivity index (χ4v) is 2.39. The maximum Gasteiger partial charge on any atom is 0.193 e. The molecule has 0 fully saturated rings. The van der Waals surface area contributed by atoms with Crippen LogP contribution in [0.4, 0.5) is 4.39 Å². The van der Waals surface area contributed by atoms with Gasteiger partial charge in [-0.25, -0.2) is 4.39 Å². The monoisotopic (exact) mass is 292 g/mol. The lowest BCUT2D eigenvalue weighted by Crippen LogP contribution is -2.04. The highest BCUT2D eigenvalue weighted by Gasteiger charge is 2.14. The van der Waals surface area contributed by atoms with Crippen LogP contribution in [0, 0.1) is 19.7 Å². The average molecular weight is 293 g/mol. The molecule has 0 atom stereocenters. The van der Waals surface area contributed by atoms with Gasteiger partial charge in [0.2, 0.25) is 0 Å². The van der Waals surface area contributed by atoms with Gasteiger partial charge in [-0.1, -0.05) is 11.6 Å². The fraction of sp³-hybridized carbons (Fsp3) is 0.188. The van der Waals surface area contributed by atoms with Gasteiger partial charge in [-0.3, -0.25) is 4.79 Å². The van der Waals surface area contributed by atoms with E-state index in [0.29, 0.717) is 11.1 Å². The van der Waals surface area contributed by atoms with Crippen LogP contribution >= 0.6 is 11.6 Å². The van der Waals surface area contributed by atoms with Gasteiger partial charge in [0, 0.05) is 11.1 Å². The lowest BCUT2D eigenvalue weighted by Gasteiger charge is -2.11. The van der Waals surface area contributed by atoms with Gasteiger partial charge in [0.1, 0.15) is 11.6 Å². The minimum atomic E-state index is -0.537. The third-order valence-corrected chi connectivity index (χ3v) is 3.40. The van der Waals surface area contributed by atoms with Crippen molar-refractivity contribution >= 4 is 17.4 Å². The SMILES string of the molecule is COc1c(C)cc(C(=O)c2ccc(F)c(Cl)c2)cc1C. The lowest BCUT2D eigenvalue weighted by atomic mass is 9.98. The predicted octanol–water partition coefficient (Wildman–Crippen LogP) is 4.34. The summed E-state index contributed by atoms with van der Waals surface area (Å²) in [7, 11) is 1.59. The third kappa shape index (κ3) is 2.68. The summed E-state index contributed by atoms with van der Waals surface area (Å²) >= 11 is 5.71. The van der Waals surface area contributed by atoms with Crippen molar-refractivity contribution in [3.8, 4) is 5.75 Å². The molecule has 0 aliphatic heterocycles. The van der Waals surface area contributed by atoms with Crippen molar-refractivity contribution < 1.29 is 13.9 Å². The Bertz CT molecular complexity index is 657. The molecule has 0 radical (unpaired) electrons. The van der Waals surface area contributed by atoms with E-state index in [2.05, 4.69) is 0 Å². The van der Waals surface area contributed by atoms with Gasteiger partial charge in [0.15, 0.2) is 5.78 Å². The van der Waals surface area contributed by atoms with E-state index in [-0.39, 0.29) is 10.8 Å². The minimum absolute atomic E-state index is 0.0576. The van der Waals surface area contributed by atoms with Crippen molar-refractivity contribution in [1.29, 1.82) is 0 Å². The third-order valence-electron chi connectivity index (χ3n) is 3.11. The molecule has 20 heavy (non-hydrogen) atoms. The first-order valence-corrected chi connectivity index (χ1v) is 6.47. The number of methoxy groups -OCH3 is 1. The zero-order valence-corrected chi connectivity index (χ0v) is 12.2. The Morgan fingerprint density at radius 2 is 1.70 bits per heavy atom. The summed E-state index contributed by atoms with van der Waals surface area (Å²) in [6.07, 6.45) is 0. The van der Waals surface area contributed by atoms with Crippen LogP contribution in [0.25, 0.3) is 0 Å². The summed E-state index contributed by atoms with van der Waals surface area (Å²) in [5, 5.41) is -0.0576. The van der Waals surface area contributed by atoms with Crippen LogP contribution in [0.2, 0.25) is 5.02 Å². The molecular weight excluding hydrogens is 279 g/mol. The summed E-state index contributed by atoms with van der Waals surface area (Å²) in [4.78, 5) is 12.4. The molecular formula is C16H14ClFO2. The summed E-state index contributed by atoms with van der Waals surface area (Å²) < 4.78 is 18.4. The number of hydrogen-bond donors (Lipinski definition) is 0. The second kappa shape index (κ2) is 5.63. The molecule has 0 bridgehead atoms. The number of rotatable bonds is 3. The number of benzene rings is 2. The highest BCUT2D eigenvalue weighted by molar-refractivity contribution is 6.31. The molecule has 0 spiro atoms. The van der Waals surface area contributed by atoms with Crippen molar-refractivity contribution in [2.75, 3.05) is 7.11 Å². The van der Waals surface area contributed by atoms with Crippen LogP contribution in [0.15, 0.2) is 30.3 Å². The van der Waals surface area contributed by atoms with E-state index in [0.717, 1.165) is 16.9 Å². The van der Waals surface area contributed by atoms with E-state index in [1.165, 1.54) is 18.2 Å². The second-order valence-electron chi connectivity index (χ2n) is 4.60. The van der Waals surface area contributed by atoms with Gasteiger partial charge in [0.05, 0.1) is 12.1 Å². The van der Waals surface area contributed by atoms with Crippen LogP contribution in [-0.4, -0.2) is 12.9 Å². The Hall–Kier alpha value is -1.87. The van der Waals surface area contributed by atoms with Gasteiger partial charge in [-0.2, -0.15) is 0 Å². The molecule has 2 rings (SSSR count). The van der Waals surface area contributed by atoms with Gasteiger partial charge in [0.25, 0.3) is 0 Å². The van der Waals surface area contributed by atoms with Crippen LogP contribution in [0.3, 0.4) is 0 Å². The zero-order chi connectivity index (χ0) is 14.9.